The van der Waals surface area contributed by atoms with E-state index in [0.717, 1.165) is 5.69 Å². The second kappa shape index (κ2) is 4.98. The molecule has 3 N–H and O–H groups in total. The Bertz CT molecular complexity index is 676. The zero-order valence-corrected chi connectivity index (χ0v) is 11.3. The molecule has 2 heterocycles. The highest BCUT2D eigenvalue weighted by atomic mass is 32.2. The third kappa shape index (κ3) is 2.74. The number of aliphatic hydroxyl groups excluding tert-OH is 1. The molecule has 2 aromatic rings. The second-order valence-electron chi connectivity index (χ2n) is 4.08. The molecule has 0 aliphatic heterocycles. The number of anilines is 1. The van der Waals surface area contributed by atoms with Crippen molar-refractivity contribution in [3.8, 4) is 0 Å². The van der Waals surface area contributed by atoms with Crippen molar-refractivity contribution in [3.05, 3.63) is 35.4 Å². The summed E-state index contributed by atoms with van der Waals surface area (Å²) in [6.07, 6.45) is 1.43. The highest BCUT2D eigenvalue weighted by Gasteiger charge is 2.24. The Labute approximate surface area is 110 Å². The van der Waals surface area contributed by atoms with Gasteiger partial charge in [-0.05, 0) is 26.0 Å². The summed E-state index contributed by atoms with van der Waals surface area (Å²) in [6, 6.07) is 3.32. The van der Waals surface area contributed by atoms with Crippen molar-refractivity contribution in [1.82, 2.24) is 15.2 Å². The predicted molar refractivity (Wildman–Crippen MR) is 69.0 cm³/mol. The Kier molecular flexibility index (Phi) is 3.54. The molecule has 19 heavy (non-hydrogen) atoms. The fourth-order valence-corrected chi connectivity index (χ4v) is 3.07. The van der Waals surface area contributed by atoms with Crippen LogP contribution in [0, 0.1) is 13.8 Å². The SMILES string of the molecule is Cc1ccc(NS(=O)(=O)c2c(CO)n[nH]c2C)cn1. The minimum atomic E-state index is -3.80. The normalized spacial score (nSPS) is 11.5. The first kappa shape index (κ1) is 13.5. The largest absolute Gasteiger partial charge is 0.390 e. The highest BCUT2D eigenvalue weighted by Crippen LogP contribution is 2.21. The third-order valence-corrected chi connectivity index (χ3v) is 4.13. The first-order valence-corrected chi connectivity index (χ1v) is 7.02. The van der Waals surface area contributed by atoms with E-state index in [1.165, 1.54) is 6.20 Å². The Morgan fingerprint density at radius 1 is 1.37 bits per heavy atom. The van der Waals surface area contributed by atoms with Gasteiger partial charge in [-0.2, -0.15) is 5.10 Å². The van der Waals surface area contributed by atoms with Crippen molar-refractivity contribution in [1.29, 1.82) is 0 Å². The first-order chi connectivity index (χ1) is 8.94. The number of nitrogens with one attached hydrogen (secondary N) is 2. The van der Waals surface area contributed by atoms with Crippen molar-refractivity contribution in [2.45, 2.75) is 25.3 Å². The summed E-state index contributed by atoms with van der Waals surface area (Å²) >= 11 is 0. The van der Waals surface area contributed by atoms with Crippen LogP contribution in [-0.2, 0) is 16.6 Å². The molecule has 2 rings (SSSR count). The van der Waals surface area contributed by atoms with Crippen molar-refractivity contribution in [3.63, 3.8) is 0 Å². The molecule has 0 aliphatic rings. The number of aliphatic hydroxyl groups is 1. The zero-order valence-electron chi connectivity index (χ0n) is 10.5. The number of aromatic nitrogens is 3. The molecule has 0 radical (unpaired) electrons. The Morgan fingerprint density at radius 3 is 2.68 bits per heavy atom. The van der Waals surface area contributed by atoms with Crippen LogP contribution in [-0.4, -0.2) is 28.7 Å². The number of rotatable bonds is 4. The predicted octanol–water partition coefficient (Wildman–Crippen LogP) is 0.715. The van der Waals surface area contributed by atoms with Gasteiger partial charge >= 0.3 is 0 Å². The monoisotopic (exact) mass is 282 g/mol. The van der Waals surface area contributed by atoms with E-state index in [-0.39, 0.29) is 10.6 Å². The number of pyridine rings is 1. The summed E-state index contributed by atoms with van der Waals surface area (Å²) < 4.78 is 26.9. The molecule has 8 heteroatoms. The standard InChI is InChI=1S/C11H14N4O3S/c1-7-3-4-9(5-12-7)15-19(17,18)11-8(2)13-14-10(11)6-16/h3-5,15-16H,6H2,1-2H3,(H,13,14). The van der Waals surface area contributed by atoms with E-state index >= 15 is 0 Å². The van der Waals surface area contributed by atoms with Crippen LogP contribution in [0.25, 0.3) is 0 Å². The van der Waals surface area contributed by atoms with Crippen molar-refractivity contribution in [2.75, 3.05) is 4.72 Å². The van der Waals surface area contributed by atoms with Crippen molar-refractivity contribution in [2.24, 2.45) is 0 Å². The molecule has 0 atom stereocenters. The van der Waals surface area contributed by atoms with Gasteiger partial charge < -0.3 is 5.11 Å². The molecule has 2 aromatic heterocycles. The summed E-state index contributed by atoms with van der Waals surface area (Å²) in [5, 5.41) is 15.4. The molecular formula is C11H14N4O3S. The number of nitrogens with zero attached hydrogens (tertiary/aromatic N) is 2. The van der Waals surface area contributed by atoms with Gasteiger partial charge in [-0.15, -0.1) is 0 Å². The summed E-state index contributed by atoms with van der Waals surface area (Å²) in [5.74, 6) is 0. The summed E-state index contributed by atoms with van der Waals surface area (Å²) in [5.41, 5.74) is 1.61. The van der Waals surface area contributed by atoms with Gasteiger partial charge in [0.05, 0.1) is 24.2 Å². The quantitative estimate of drug-likeness (QED) is 0.765. The lowest BCUT2D eigenvalue weighted by Gasteiger charge is -2.08. The van der Waals surface area contributed by atoms with Gasteiger partial charge in [0.15, 0.2) is 0 Å². The van der Waals surface area contributed by atoms with E-state index in [9.17, 15) is 8.42 Å². The number of aromatic amines is 1. The summed E-state index contributed by atoms with van der Waals surface area (Å²) in [6.45, 7) is 2.93. The molecule has 0 saturated heterocycles. The van der Waals surface area contributed by atoms with Crippen LogP contribution in [0.5, 0.6) is 0 Å². The third-order valence-electron chi connectivity index (χ3n) is 2.54. The topological polar surface area (TPSA) is 108 Å². The molecule has 0 unspecified atom stereocenters. The van der Waals surface area contributed by atoms with Gasteiger partial charge in [0, 0.05) is 5.69 Å². The van der Waals surface area contributed by atoms with Crippen LogP contribution in [0.2, 0.25) is 0 Å². The number of sulfonamides is 1. The van der Waals surface area contributed by atoms with E-state index in [2.05, 4.69) is 19.9 Å². The van der Waals surface area contributed by atoms with E-state index in [1.54, 1.807) is 19.1 Å². The van der Waals surface area contributed by atoms with Crippen LogP contribution in [0.4, 0.5) is 5.69 Å². The van der Waals surface area contributed by atoms with E-state index in [0.29, 0.717) is 11.4 Å². The summed E-state index contributed by atoms with van der Waals surface area (Å²) in [7, 11) is -3.80. The number of H-pyrrole nitrogens is 1. The number of aryl methyl sites for hydroxylation is 2. The second-order valence-corrected chi connectivity index (χ2v) is 5.70. The first-order valence-electron chi connectivity index (χ1n) is 5.54. The summed E-state index contributed by atoms with van der Waals surface area (Å²) in [4.78, 5) is 3.98. The molecule has 0 saturated carbocycles. The minimum absolute atomic E-state index is 0.0319. The lowest BCUT2D eigenvalue weighted by Crippen LogP contribution is -2.15. The van der Waals surface area contributed by atoms with Crippen molar-refractivity contribution >= 4 is 15.7 Å². The van der Waals surface area contributed by atoms with Gasteiger partial charge in [-0.25, -0.2) is 8.42 Å². The minimum Gasteiger partial charge on any atom is -0.390 e. The Hall–Kier alpha value is -1.93. The van der Waals surface area contributed by atoms with Gasteiger partial charge in [0.2, 0.25) is 0 Å². The molecule has 0 fully saturated rings. The maximum Gasteiger partial charge on any atom is 0.265 e. The smallest absolute Gasteiger partial charge is 0.265 e. The van der Waals surface area contributed by atoms with E-state index in [1.807, 2.05) is 6.92 Å². The average Bonchev–Trinajstić information content (AvgIpc) is 2.74. The van der Waals surface area contributed by atoms with E-state index in [4.69, 9.17) is 5.11 Å². The molecule has 0 aromatic carbocycles. The van der Waals surface area contributed by atoms with Crippen LogP contribution >= 0.6 is 0 Å². The molecule has 102 valence electrons. The average molecular weight is 282 g/mol. The molecule has 0 amide bonds. The lowest BCUT2D eigenvalue weighted by atomic mass is 10.4. The van der Waals surface area contributed by atoms with E-state index < -0.39 is 16.6 Å². The van der Waals surface area contributed by atoms with Crippen LogP contribution < -0.4 is 4.72 Å². The van der Waals surface area contributed by atoms with Crippen molar-refractivity contribution < 1.29 is 13.5 Å². The maximum absolute atomic E-state index is 12.2. The van der Waals surface area contributed by atoms with Gasteiger partial charge in [0.1, 0.15) is 10.6 Å². The van der Waals surface area contributed by atoms with Crippen LogP contribution in [0.3, 0.4) is 0 Å². The van der Waals surface area contributed by atoms with Crippen LogP contribution in [0.15, 0.2) is 23.2 Å². The number of hydrogen-bond donors (Lipinski definition) is 3. The molecule has 7 nitrogen and oxygen atoms in total. The number of hydrogen-bond acceptors (Lipinski definition) is 5. The van der Waals surface area contributed by atoms with Gasteiger partial charge in [-0.1, -0.05) is 0 Å². The zero-order chi connectivity index (χ0) is 14.0. The maximum atomic E-state index is 12.2. The fraction of sp³-hybridized carbons (Fsp3) is 0.273. The highest BCUT2D eigenvalue weighted by molar-refractivity contribution is 7.92. The molecule has 0 aliphatic carbocycles. The fourth-order valence-electron chi connectivity index (χ4n) is 1.67. The van der Waals surface area contributed by atoms with Crippen LogP contribution in [0.1, 0.15) is 17.1 Å². The molecule has 0 spiro atoms. The lowest BCUT2D eigenvalue weighted by molar-refractivity contribution is 0.273. The van der Waals surface area contributed by atoms with Gasteiger partial charge in [-0.3, -0.25) is 14.8 Å². The molecular weight excluding hydrogens is 268 g/mol. The molecule has 0 bridgehead atoms. The Balaban J connectivity index is 2.37. The van der Waals surface area contributed by atoms with Gasteiger partial charge in [0.25, 0.3) is 10.0 Å². The Morgan fingerprint density at radius 2 is 2.11 bits per heavy atom.